The molecule has 7 nitrogen and oxygen atoms in total. The fourth-order valence-electron chi connectivity index (χ4n) is 2.39. The molecular formula is C21H27NO6. The molecule has 1 aromatic heterocycles. The average Bonchev–Trinajstić information content (AvgIpc) is 3.20. The molecular weight excluding hydrogens is 362 g/mol. The summed E-state index contributed by atoms with van der Waals surface area (Å²) < 4.78 is 21.6. The van der Waals surface area contributed by atoms with Crippen molar-refractivity contribution >= 4 is 11.9 Å². The smallest absolute Gasteiger partial charge is 0.338 e. The Balaban J connectivity index is 1.93. The van der Waals surface area contributed by atoms with Crippen molar-refractivity contribution in [2.45, 2.75) is 33.7 Å². The maximum Gasteiger partial charge on any atom is 0.338 e. The van der Waals surface area contributed by atoms with E-state index in [1.54, 1.807) is 37.3 Å². The summed E-state index contributed by atoms with van der Waals surface area (Å²) in [5.74, 6) is 0.987. The summed E-state index contributed by atoms with van der Waals surface area (Å²) in [4.78, 5) is 24.3. The molecule has 1 N–H and O–H groups in total. The van der Waals surface area contributed by atoms with E-state index in [9.17, 15) is 9.59 Å². The second-order valence-corrected chi connectivity index (χ2v) is 6.68. The maximum absolute atomic E-state index is 12.3. The average molecular weight is 389 g/mol. The molecule has 7 heteroatoms. The van der Waals surface area contributed by atoms with E-state index in [-0.39, 0.29) is 18.2 Å². The van der Waals surface area contributed by atoms with Crippen LogP contribution in [0.5, 0.6) is 11.5 Å². The summed E-state index contributed by atoms with van der Waals surface area (Å²) in [7, 11) is 0. The first-order valence-electron chi connectivity index (χ1n) is 9.30. The van der Waals surface area contributed by atoms with Crippen molar-refractivity contribution < 1.29 is 28.2 Å². The second-order valence-electron chi connectivity index (χ2n) is 6.68. The molecule has 0 radical (unpaired) electrons. The largest absolute Gasteiger partial charge is 0.490 e. The Bertz CT molecular complexity index is 769. The van der Waals surface area contributed by atoms with E-state index in [1.165, 1.54) is 6.26 Å². The monoisotopic (exact) mass is 389 g/mol. The summed E-state index contributed by atoms with van der Waals surface area (Å²) in [5.41, 5.74) is 0.284. The van der Waals surface area contributed by atoms with Crippen LogP contribution in [0.3, 0.4) is 0 Å². The number of carbonyl (C=O) groups is 2. The van der Waals surface area contributed by atoms with Crippen molar-refractivity contribution in [2.24, 2.45) is 5.92 Å². The minimum atomic E-state index is -0.614. The minimum Gasteiger partial charge on any atom is -0.490 e. The number of ether oxygens (including phenoxy) is 3. The number of hydrogen-bond acceptors (Lipinski definition) is 6. The third-order valence-corrected chi connectivity index (χ3v) is 3.73. The molecule has 152 valence electrons. The van der Waals surface area contributed by atoms with Gasteiger partial charge in [-0.3, -0.25) is 4.79 Å². The van der Waals surface area contributed by atoms with E-state index >= 15 is 0 Å². The normalized spacial score (nSPS) is 11.8. The lowest BCUT2D eigenvalue weighted by atomic mass is 10.2. The van der Waals surface area contributed by atoms with Gasteiger partial charge < -0.3 is 23.9 Å². The lowest BCUT2D eigenvalue weighted by Crippen LogP contribution is -2.31. The van der Waals surface area contributed by atoms with Gasteiger partial charge in [0, 0.05) is 0 Å². The van der Waals surface area contributed by atoms with Crippen LogP contribution in [0.4, 0.5) is 0 Å². The zero-order chi connectivity index (χ0) is 20.5. The Morgan fingerprint density at radius 1 is 1.11 bits per heavy atom. The number of carbonyl (C=O) groups excluding carboxylic acids is 2. The molecule has 2 rings (SSSR count). The van der Waals surface area contributed by atoms with Gasteiger partial charge in [-0.1, -0.05) is 13.8 Å². The molecule has 2 aromatic rings. The number of furan rings is 1. The molecule has 0 saturated heterocycles. The van der Waals surface area contributed by atoms with Gasteiger partial charge in [-0.2, -0.15) is 0 Å². The fourth-order valence-corrected chi connectivity index (χ4v) is 2.39. The molecule has 0 bridgehead atoms. The van der Waals surface area contributed by atoms with Crippen LogP contribution in [0.1, 0.15) is 49.9 Å². The fraction of sp³-hybridized carbons (Fsp3) is 0.429. The first-order chi connectivity index (χ1) is 13.4. The van der Waals surface area contributed by atoms with Crippen LogP contribution in [0.25, 0.3) is 0 Å². The van der Waals surface area contributed by atoms with Gasteiger partial charge in [0.05, 0.1) is 31.1 Å². The van der Waals surface area contributed by atoms with Gasteiger partial charge >= 0.3 is 5.97 Å². The van der Waals surface area contributed by atoms with Gasteiger partial charge in [0.25, 0.3) is 5.91 Å². The van der Waals surface area contributed by atoms with Crippen molar-refractivity contribution in [3.63, 3.8) is 0 Å². The lowest BCUT2D eigenvalue weighted by molar-refractivity contribution is -0.125. The summed E-state index contributed by atoms with van der Waals surface area (Å²) in [6.45, 7) is 8.30. The van der Waals surface area contributed by atoms with Crippen LogP contribution < -0.4 is 14.8 Å². The van der Waals surface area contributed by atoms with Crippen LogP contribution in [0.15, 0.2) is 41.0 Å². The van der Waals surface area contributed by atoms with Gasteiger partial charge in [0.15, 0.2) is 18.1 Å². The van der Waals surface area contributed by atoms with Crippen molar-refractivity contribution in [1.29, 1.82) is 0 Å². The Kier molecular flexibility index (Phi) is 7.92. The highest BCUT2D eigenvalue weighted by Crippen LogP contribution is 2.29. The van der Waals surface area contributed by atoms with E-state index in [1.807, 2.05) is 20.8 Å². The summed E-state index contributed by atoms with van der Waals surface area (Å²) >= 11 is 0. The SMILES string of the molecule is CCOc1cc(C(=O)OCC(=O)N[C@H](C)c2ccco2)ccc1OCC(C)C. The summed E-state index contributed by atoms with van der Waals surface area (Å²) in [6.07, 6.45) is 1.53. The predicted octanol–water partition coefficient (Wildman–Crippen LogP) is 3.75. The molecule has 0 aliphatic rings. The Morgan fingerprint density at radius 3 is 2.54 bits per heavy atom. The Labute approximate surface area is 165 Å². The molecule has 0 unspecified atom stereocenters. The first-order valence-corrected chi connectivity index (χ1v) is 9.30. The zero-order valence-corrected chi connectivity index (χ0v) is 16.7. The van der Waals surface area contributed by atoms with Crippen LogP contribution in [0.2, 0.25) is 0 Å². The maximum atomic E-state index is 12.3. The highest BCUT2D eigenvalue weighted by Gasteiger charge is 2.16. The molecule has 28 heavy (non-hydrogen) atoms. The Morgan fingerprint density at radius 2 is 1.89 bits per heavy atom. The third-order valence-electron chi connectivity index (χ3n) is 3.73. The quantitative estimate of drug-likeness (QED) is 0.623. The van der Waals surface area contributed by atoms with Crippen molar-refractivity contribution in [1.82, 2.24) is 5.32 Å². The number of amides is 1. The van der Waals surface area contributed by atoms with E-state index in [0.717, 1.165) is 0 Å². The molecule has 0 saturated carbocycles. The van der Waals surface area contributed by atoms with Gasteiger partial charge in [-0.15, -0.1) is 0 Å². The summed E-state index contributed by atoms with van der Waals surface area (Å²) in [6, 6.07) is 8.00. The number of nitrogens with one attached hydrogen (secondary N) is 1. The van der Waals surface area contributed by atoms with Crippen LogP contribution in [0, 0.1) is 5.92 Å². The molecule has 0 fully saturated rings. The van der Waals surface area contributed by atoms with E-state index < -0.39 is 11.9 Å². The number of rotatable bonds is 10. The van der Waals surface area contributed by atoms with E-state index in [0.29, 0.717) is 36.4 Å². The van der Waals surface area contributed by atoms with Crippen LogP contribution >= 0.6 is 0 Å². The summed E-state index contributed by atoms with van der Waals surface area (Å²) in [5, 5.41) is 2.70. The zero-order valence-electron chi connectivity index (χ0n) is 16.7. The van der Waals surface area contributed by atoms with Crippen molar-refractivity contribution in [3.8, 4) is 11.5 Å². The lowest BCUT2D eigenvalue weighted by Gasteiger charge is -2.15. The number of esters is 1. The standard InChI is InChI=1S/C21H27NO6/c1-5-25-19-11-16(8-9-18(19)27-12-14(2)3)21(24)28-13-20(23)22-15(4)17-7-6-10-26-17/h6-11,14-15H,5,12-13H2,1-4H3,(H,22,23)/t15-/m1/s1. The topological polar surface area (TPSA) is 87.0 Å². The molecule has 0 aliphatic carbocycles. The molecule has 1 amide bonds. The van der Waals surface area contributed by atoms with Crippen molar-refractivity contribution in [3.05, 3.63) is 47.9 Å². The highest BCUT2D eigenvalue weighted by atomic mass is 16.5. The van der Waals surface area contributed by atoms with Gasteiger partial charge in [0.1, 0.15) is 5.76 Å². The van der Waals surface area contributed by atoms with Gasteiger partial charge in [-0.25, -0.2) is 4.79 Å². The highest BCUT2D eigenvalue weighted by molar-refractivity contribution is 5.92. The first kappa shape index (κ1) is 21.3. The van der Waals surface area contributed by atoms with E-state index in [2.05, 4.69) is 5.32 Å². The van der Waals surface area contributed by atoms with Crippen LogP contribution in [-0.2, 0) is 9.53 Å². The molecule has 1 aromatic carbocycles. The second kappa shape index (κ2) is 10.4. The molecule has 1 atom stereocenters. The number of hydrogen-bond donors (Lipinski definition) is 1. The van der Waals surface area contributed by atoms with Crippen LogP contribution in [-0.4, -0.2) is 31.7 Å². The van der Waals surface area contributed by atoms with E-state index in [4.69, 9.17) is 18.6 Å². The Hall–Kier alpha value is -2.96. The van der Waals surface area contributed by atoms with Gasteiger partial charge in [0.2, 0.25) is 0 Å². The predicted molar refractivity (Wildman–Crippen MR) is 103 cm³/mol. The number of benzene rings is 1. The third kappa shape index (κ3) is 6.33. The van der Waals surface area contributed by atoms with Gasteiger partial charge in [-0.05, 0) is 50.1 Å². The minimum absolute atomic E-state index is 0.284. The molecule has 1 heterocycles. The molecule has 0 aliphatic heterocycles. The van der Waals surface area contributed by atoms with Crippen molar-refractivity contribution in [2.75, 3.05) is 19.8 Å². The molecule has 0 spiro atoms.